The summed E-state index contributed by atoms with van der Waals surface area (Å²) in [5.74, 6) is 1.37. The fourth-order valence-corrected chi connectivity index (χ4v) is 3.60. The van der Waals surface area contributed by atoms with E-state index in [-0.39, 0.29) is 0 Å². The van der Waals surface area contributed by atoms with Crippen molar-refractivity contribution in [2.24, 2.45) is 0 Å². The number of rotatable bonds is 6. The van der Waals surface area contributed by atoms with Crippen LogP contribution in [0.2, 0.25) is 5.02 Å². The molecule has 0 aliphatic heterocycles. The van der Waals surface area contributed by atoms with Crippen LogP contribution in [0.3, 0.4) is 0 Å². The van der Waals surface area contributed by atoms with Crippen LogP contribution in [0.25, 0.3) is 0 Å². The van der Waals surface area contributed by atoms with E-state index < -0.39 is 6.10 Å². The lowest BCUT2D eigenvalue weighted by atomic mass is 10.1. The molecule has 0 saturated heterocycles. The second-order valence-electron chi connectivity index (χ2n) is 4.58. The van der Waals surface area contributed by atoms with E-state index in [0.29, 0.717) is 17.2 Å². The Labute approximate surface area is 142 Å². The van der Waals surface area contributed by atoms with E-state index in [2.05, 4.69) is 15.9 Å². The molecule has 112 valence electrons. The minimum Gasteiger partial charge on any atom is -0.496 e. The van der Waals surface area contributed by atoms with Crippen LogP contribution in [0.4, 0.5) is 0 Å². The van der Waals surface area contributed by atoms with Crippen molar-refractivity contribution < 1.29 is 9.84 Å². The highest BCUT2D eigenvalue weighted by Crippen LogP contribution is 2.26. The number of aliphatic hydroxyl groups excluding tert-OH is 1. The quantitative estimate of drug-likeness (QED) is 0.722. The first-order valence-corrected chi connectivity index (χ1v) is 8.63. The van der Waals surface area contributed by atoms with Crippen molar-refractivity contribution in [2.45, 2.75) is 17.4 Å². The first-order valence-electron chi connectivity index (χ1n) is 6.47. The van der Waals surface area contributed by atoms with Crippen molar-refractivity contribution in [3.63, 3.8) is 0 Å². The van der Waals surface area contributed by atoms with Gasteiger partial charge in [-0.25, -0.2) is 0 Å². The molecule has 0 heterocycles. The van der Waals surface area contributed by atoms with E-state index in [1.807, 2.05) is 36.4 Å². The molecule has 1 N–H and O–H groups in total. The molecular formula is C16H16BrClO2S. The Morgan fingerprint density at radius 3 is 2.81 bits per heavy atom. The second kappa shape index (κ2) is 8.08. The molecule has 1 unspecified atom stereocenters. The van der Waals surface area contributed by atoms with Crippen molar-refractivity contribution >= 4 is 39.3 Å². The lowest BCUT2D eigenvalue weighted by molar-refractivity contribution is 0.199. The summed E-state index contributed by atoms with van der Waals surface area (Å²) in [5.41, 5.74) is 0.923. The number of thioether (sulfide) groups is 1. The van der Waals surface area contributed by atoms with Gasteiger partial charge in [-0.2, -0.15) is 0 Å². The summed E-state index contributed by atoms with van der Waals surface area (Å²) in [6.45, 7) is 0. The minimum absolute atomic E-state index is 0.457. The number of ether oxygens (including phenoxy) is 1. The zero-order valence-electron chi connectivity index (χ0n) is 11.6. The molecule has 0 fully saturated rings. The van der Waals surface area contributed by atoms with Gasteiger partial charge in [0.15, 0.2) is 0 Å². The fraction of sp³-hybridized carbons (Fsp3) is 0.250. The van der Waals surface area contributed by atoms with E-state index >= 15 is 0 Å². The average molecular weight is 388 g/mol. The van der Waals surface area contributed by atoms with Gasteiger partial charge in [-0.3, -0.25) is 0 Å². The van der Waals surface area contributed by atoms with E-state index in [1.54, 1.807) is 24.9 Å². The molecule has 2 aromatic carbocycles. The molecule has 2 aromatic rings. The summed E-state index contributed by atoms with van der Waals surface area (Å²) in [6, 6.07) is 13.5. The average Bonchev–Trinajstić information content (AvgIpc) is 2.45. The number of halogens is 2. The van der Waals surface area contributed by atoms with Crippen LogP contribution in [0, 0.1) is 0 Å². The monoisotopic (exact) mass is 386 g/mol. The van der Waals surface area contributed by atoms with Gasteiger partial charge in [0.2, 0.25) is 0 Å². The zero-order valence-corrected chi connectivity index (χ0v) is 14.7. The largest absolute Gasteiger partial charge is 0.496 e. The Morgan fingerprint density at radius 2 is 2.10 bits per heavy atom. The van der Waals surface area contributed by atoms with Gasteiger partial charge in [0.25, 0.3) is 0 Å². The van der Waals surface area contributed by atoms with Crippen LogP contribution in [-0.4, -0.2) is 24.1 Å². The number of methoxy groups -OCH3 is 1. The smallest absolute Gasteiger partial charge is 0.122 e. The van der Waals surface area contributed by atoms with Crippen molar-refractivity contribution in [3.05, 3.63) is 57.5 Å². The van der Waals surface area contributed by atoms with Gasteiger partial charge in [0.1, 0.15) is 5.75 Å². The SMILES string of the molecule is COc1ccc(Cl)cc1CC(O)CSc1cccc(Br)c1. The molecule has 1 atom stereocenters. The Morgan fingerprint density at radius 1 is 1.29 bits per heavy atom. The summed E-state index contributed by atoms with van der Waals surface area (Å²) in [4.78, 5) is 1.13. The maximum atomic E-state index is 10.2. The molecule has 0 bridgehead atoms. The van der Waals surface area contributed by atoms with Gasteiger partial charge in [0, 0.05) is 26.6 Å². The van der Waals surface area contributed by atoms with E-state index in [1.165, 1.54) is 0 Å². The topological polar surface area (TPSA) is 29.5 Å². The molecule has 0 aliphatic rings. The molecule has 2 rings (SSSR count). The van der Waals surface area contributed by atoms with E-state index in [4.69, 9.17) is 16.3 Å². The minimum atomic E-state index is -0.457. The van der Waals surface area contributed by atoms with Gasteiger partial charge < -0.3 is 9.84 Å². The lowest BCUT2D eigenvalue weighted by Crippen LogP contribution is -2.14. The molecule has 0 radical (unpaired) electrons. The molecule has 0 aromatic heterocycles. The van der Waals surface area contributed by atoms with Crippen molar-refractivity contribution in [3.8, 4) is 5.75 Å². The van der Waals surface area contributed by atoms with Crippen LogP contribution >= 0.6 is 39.3 Å². The first kappa shape index (κ1) is 16.7. The molecular weight excluding hydrogens is 372 g/mol. The normalized spacial score (nSPS) is 12.2. The second-order valence-corrected chi connectivity index (χ2v) is 7.03. The Kier molecular flexibility index (Phi) is 6.42. The summed E-state index contributed by atoms with van der Waals surface area (Å²) >= 11 is 11.1. The number of hydrogen-bond acceptors (Lipinski definition) is 3. The van der Waals surface area contributed by atoms with Gasteiger partial charge in [-0.05, 0) is 42.0 Å². The Bertz CT molecular complexity index is 607. The van der Waals surface area contributed by atoms with Gasteiger partial charge >= 0.3 is 0 Å². The van der Waals surface area contributed by atoms with Gasteiger partial charge in [-0.1, -0.05) is 33.6 Å². The molecule has 0 saturated carbocycles. The molecule has 0 aliphatic carbocycles. The number of benzene rings is 2. The van der Waals surface area contributed by atoms with Crippen LogP contribution in [0.15, 0.2) is 51.8 Å². The van der Waals surface area contributed by atoms with Gasteiger partial charge in [0.05, 0.1) is 13.2 Å². The molecule has 0 spiro atoms. The Hall–Kier alpha value is -0.680. The molecule has 0 amide bonds. The van der Waals surface area contributed by atoms with Crippen LogP contribution < -0.4 is 4.74 Å². The maximum Gasteiger partial charge on any atom is 0.122 e. The van der Waals surface area contributed by atoms with Crippen molar-refractivity contribution in [2.75, 3.05) is 12.9 Å². The van der Waals surface area contributed by atoms with Crippen molar-refractivity contribution in [1.82, 2.24) is 0 Å². The third-order valence-electron chi connectivity index (χ3n) is 2.94. The standard InChI is InChI=1S/C16H16BrClO2S/c1-20-16-6-5-13(18)7-11(16)8-14(19)10-21-15-4-2-3-12(17)9-15/h2-7,9,14,19H,8,10H2,1H3. The summed E-state index contributed by atoms with van der Waals surface area (Å²) in [7, 11) is 1.62. The zero-order chi connectivity index (χ0) is 15.2. The van der Waals surface area contributed by atoms with E-state index in [0.717, 1.165) is 20.7 Å². The lowest BCUT2D eigenvalue weighted by Gasteiger charge is -2.13. The van der Waals surface area contributed by atoms with Crippen molar-refractivity contribution in [1.29, 1.82) is 0 Å². The number of aliphatic hydroxyl groups is 1. The summed E-state index contributed by atoms with van der Waals surface area (Å²) in [5, 5.41) is 10.9. The third kappa shape index (κ3) is 5.22. The Balaban J connectivity index is 1.95. The highest BCUT2D eigenvalue weighted by molar-refractivity contribution is 9.10. The predicted molar refractivity (Wildman–Crippen MR) is 92.6 cm³/mol. The van der Waals surface area contributed by atoms with Crippen LogP contribution in [0.1, 0.15) is 5.56 Å². The summed E-state index contributed by atoms with van der Waals surface area (Å²) < 4.78 is 6.34. The molecule has 5 heteroatoms. The third-order valence-corrected chi connectivity index (χ3v) is 4.80. The van der Waals surface area contributed by atoms with Crippen LogP contribution in [0.5, 0.6) is 5.75 Å². The summed E-state index contributed by atoms with van der Waals surface area (Å²) in [6.07, 6.45) is 0.0615. The highest BCUT2D eigenvalue weighted by atomic mass is 79.9. The predicted octanol–water partition coefficient (Wildman–Crippen LogP) is 4.81. The van der Waals surface area contributed by atoms with E-state index in [9.17, 15) is 5.11 Å². The fourth-order valence-electron chi connectivity index (χ4n) is 1.97. The highest BCUT2D eigenvalue weighted by Gasteiger charge is 2.11. The maximum absolute atomic E-state index is 10.2. The number of hydrogen-bond donors (Lipinski definition) is 1. The molecule has 2 nitrogen and oxygen atoms in total. The van der Waals surface area contributed by atoms with Gasteiger partial charge in [-0.15, -0.1) is 11.8 Å². The van der Waals surface area contributed by atoms with Crippen LogP contribution in [-0.2, 0) is 6.42 Å². The molecule has 21 heavy (non-hydrogen) atoms. The first-order chi connectivity index (χ1) is 10.1.